The molecule has 7 heteroatoms. The molecule has 0 atom stereocenters. The van der Waals surface area contributed by atoms with Crippen LogP contribution in [0, 0.1) is 0 Å². The molecule has 0 saturated carbocycles. The molecule has 0 fully saturated rings. The van der Waals surface area contributed by atoms with E-state index in [9.17, 15) is 9.59 Å². The standard InChI is InChI=1S/C17H12ClN3O3/c18-15-7-6-11(10-19-15)16(22)20-12-3-1-4-13(9-12)21-17(23)14-5-2-8-24-14/h1-10H,(H,20,22)(H,21,23). The zero-order chi connectivity index (χ0) is 16.9. The molecule has 6 nitrogen and oxygen atoms in total. The molecule has 24 heavy (non-hydrogen) atoms. The van der Waals surface area contributed by atoms with Crippen LogP contribution in [0.5, 0.6) is 0 Å². The summed E-state index contributed by atoms with van der Waals surface area (Å²) in [6.07, 6.45) is 2.81. The fraction of sp³-hybridized carbons (Fsp3) is 0. The maximum absolute atomic E-state index is 12.1. The van der Waals surface area contributed by atoms with E-state index in [2.05, 4.69) is 15.6 Å². The van der Waals surface area contributed by atoms with Crippen LogP contribution in [0.2, 0.25) is 5.15 Å². The molecule has 0 aliphatic rings. The summed E-state index contributed by atoms with van der Waals surface area (Å²) < 4.78 is 5.03. The first-order chi connectivity index (χ1) is 11.6. The lowest BCUT2D eigenvalue weighted by molar-refractivity contribution is 0.0995. The van der Waals surface area contributed by atoms with Gasteiger partial charge in [-0.3, -0.25) is 9.59 Å². The maximum Gasteiger partial charge on any atom is 0.291 e. The molecule has 2 heterocycles. The van der Waals surface area contributed by atoms with Gasteiger partial charge in [-0.05, 0) is 42.5 Å². The van der Waals surface area contributed by atoms with Gasteiger partial charge < -0.3 is 15.1 Å². The third-order valence-corrected chi connectivity index (χ3v) is 3.34. The number of rotatable bonds is 4. The third-order valence-electron chi connectivity index (χ3n) is 3.11. The Morgan fingerprint density at radius 3 is 2.33 bits per heavy atom. The number of amides is 2. The lowest BCUT2D eigenvalue weighted by Gasteiger charge is -2.08. The van der Waals surface area contributed by atoms with Gasteiger partial charge in [-0.1, -0.05) is 17.7 Å². The molecular formula is C17H12ClN3O3. The Morgan fingerprint density at radius 2 is 1.71 bits per heavy atom. The normalized spacial score (nSPS) is 10.2. The summed E-state index contributed by atoms with van der Waals surface area (Å²) in [6.45, 7) is 0. The summed E-state index contributed by atoms with van der Waals surface area (Å²) in [5, 5.41) is 5.73. The van der Waals surface area contributed by atoms with Gasteiger partial charge in [0.15, 0.2) is 5.76 Å². The summed E-state index contributed by atoms with van der Waals surface area (Å²) in [5.74, 6) is -0.490. The number of carbonyl (C=O) groups excluding carboxylic acids is 2. The number of carbonyl (C=O) groups is 2. The van der Waals surface area contributed by atoms with Crippen LogP contribution < -0.4 is 10.6 Å². The molecule has 0 bridgehead atoms. The highest BCUT2D eigenvalue weighted by Gasteiger charge is 2.10. The molecule has 0 aliphatic carbocycles. The van der Waals surface area contributed by atoms with Gasteiger partial charge in [0, 0.05) is 17.6 Å². The van der Waals surface area contributed by atoms with Crippen LogP contribution in [-0.2, 0) is 0 Å². The lowest BCUT2D eigenvalue weighted by atomic mass is 10.2. The SMILES string of the molecule is O=C(Nc1cccc(NC(=O)c2ccco2)c1)c1ccc(Cl)nc1. The third kappa shape index (κ3) is 3.80. The second kappa shape index (κ2) is 6.97. The molecule has 2 aromatic heterocycles. The van der Waals surface area contributed by atoms with Gasteiger partial charge in [0.25, 0.3) is 11.8 Å². The van der Waals surface area contributed by atoms with Crippen molar-refractivity contribution in [3.8, 4) is 0 Å². The van der Waals surface area contributed by atoms with Gasteiger partial charge >= 0.3 is 0 Å². The van der Waals surface area contributed by atoms with Crippen molar-refractivity contribution in [2.75, 3.05) is 10.6 Å². The topological polar surface area (TPSA) is 84.2 Å². The summed E-state index contributed by atoms with van der Waals surface area (Å²) in [6, 6.07) is 13.1. The summed E-state index contributed by atoms with van der Waals surface area (Å²) >= 11 is 5.70. The van der Waals surface area contributed by atoms with Crippen molar-refractivity contribution in [3.05, 3.63) is 77.5 Å². The molecular weight excluding hydrogens is 330 g/mol. The number of aromatic nitrogens is 1. The van der Waals surface area contributed by atoms with Crippen molar-refractivity contribution in [2.45, 2.75) is 0 Å². The van der Waals surface area contributed by atoms with E-state index in [0.717, 1.165) is 0 Å². The molecule has 1 aromatic carbocycles. The molecule has 120 valence electrons. The number of nitrogens with one attached hydrogen (secondary N) is 2. The first-order valence-corrected chi connectivity index (χ1v) is 7.37. The number of anilines is 2. The maximum atomic E-state index is 12.1. The first-order valence-electron chi connectivity index (χ1n) is 6.99. The Labute approximate surface area is 142 Å². The van der Waals surface area contributed by atoms with E-state index in [-0.39, 0.29) is 17.6 Å². The molecule has 3 rings (SSSR count). The van der Waals surface area contributed by atoms with Crippen LogP contribution in [0.4, 0.5) is 11.4 Å². The molecule has 2 amide bonds. The van der Waals surface area contributed by atoms with Gasteiger partial charge in [0.1, 0.15) is 5.15 Å². The van der Waals surface area contributed by atoms with Crippen molar-refractivity contribution in [2.24, 2.45) is 0 Å². The Bertz CT molecular complexity index is 861. The van der Waals surface area contributed by atoms with Crippen LogP contribution >= 0.6 is 11.6 Å². The predicted octanol–water partition coefficient (Wildman–Crippen LogP) is 3.83. The highest BCUT2D eigenvalue weighted by Crippen LogP contribution is 2.17. The van der Waals surface area contributed by atoms with Crippen LogP contribution in [-0.4, -0.2) is 16.8 Å². The van der Waals surface area contributed by atoms with E-state index in [1.807, 2.05) is 0 Å². The Balaban J connectivity index is 1.70. The van der Waals surface area contributed by atoms with E-state index in [1.54, 1.807) is 42.5 Å². The van der Waals surface area contributed by atoms with Crippen molar-refractivity contribution in [1.82, 2.24) is 4.98 Å². The average molecular weight is 342 g/mol. The summed E-state index contributed by atoms with van der Waals surface area (Å²) in [4.78, 5) is 28.0. The Hall–Kier alpha value is -3.12. The van der Waals surface area contributed by atoms with E-state index in [1.165, 1.54) is 18.5 Å². The van der Waals surface area contributed by atoms with Gasteiger partial charge in [0.05, 0.1) is 11.8 Å². The number of furan rings is 1. The molecule has 0 radical (unpaired) electrons. The smallest absolute Gasteiger partial charge is 0.291 e. The Kier molecular flexibility index (Phi) is 4.58. The van der Waals surface area contributed by atoms with Crippen molar-refractivity contribution >= 4 is 34.8 Å². The number of hydrogen-bond acceptors (Lipinski definition) is 4. The Morgan fingerprint density at radius 1 is 0.958 bits per heavy atom. The zero-order valence-corrected chi connectivity index (χ0v) is 13.1. The van der Waals surface area contributed by atoms with Crippen LogP contribution in [0.1, 0.15) is 20.9 Å². The highest BCUT2D eigenvalue weighted by molar-refractivity contribution is 6.29. The predicted molar refractivity (Wildman–Crippen MR) is 90.3 cm³/mol. The molecule has 0 unspecified atom stereocenters. The van der Waals surface area contributed by atoms with Gasteiger partial charge in [-0.15, -0.1) is 0 Å². The monoisotopic (exact) mass is 341 g/mol. The molecule has 0 saturated heterocycles. The van der Waals surface area contributed by atoms with Crippen molar-refractivity contribution < 1.29 is 14.0 Å². The summed E-state index contributed by atoms with van der Waals surface area (Å²) in [5.41, 5.74) is 1.44. The van der Waals surface area contributed by atoms with Gasteiger partial charge in [-0.2, -0.15) is 0 Å². The summed E-state index contributed by atoms with van der Waals surface area (Å²) in [7, 11) is 0. The minimum Gasteiger partial charge on any atom is -0.459 e. The fourth-order valence-electron chi connectivity index (χ4n) is 1.99. The van der Waals surface area contributed by atoms with E-state index < -0.39 is 0 Å². The number of halogens is 1. The van der Waals surface area contributed by atoms with Gasteiger partial charge in [0.2, 0.25) is 0 Å². The number of nitrogens with zero attached hydrogens (tertiary/aromatic N) is 1. The number of pyridine rings is 1. The highest BCUT2D eigenvalue weighted by atomic mass is 35.5. The molecule has 0 spiro atoms. The van der Waals surface area contributed by atoms with Crippen LogP contribution in [0.3, 0.4) is 0 Å². The molecule has 3 aromatic rings. The molecule has 2 N–H and O–H groups in total. The number of benzene rings is 1. The second-order valence-corrected chi connectivity index (χ2v) is 5.22. The van der Waals surface area contributed by atoms with E-state index in [0.29, 0.717) is 22.1 Å². The van der Waals surface area contributed by atoms with Crippen molar-refractivity contribution in [3.63, 3.8) is 0 Å². The second-order valence-electron chi connectivity index (χ2n) is 4.84. The van der Waals surface area contributed by atoms with Gasteiger partial charge in [-0.25, -0.2) is 4.98 Å². The zero-order valence-electron chi connectivity index (χ0n) is 12.3. The quantitative estimate of drug-likeness (QED) is 0.706. The first kappa shape index (κ1) is 15.8. The van der Waals surface area contributed by atoms with E-state index >= 15 is 0 Å². The van der Waals surface area contributed by atoms with Crippen LogP contribution in [0.15, 0.2) is 65.4 Å². The minimum absolute atomic E-state index is 0.205. The lowest BCUT2D eigenvalue weighted by Crippen LogP contribution is -2.13. The van der Waals surface area contributed by atoms with Crippen molar-refractivity contribution in [1.29, 1.82) is 0 Å². The van der Waals surface area contributed by atoms with Crippen LogP contribution in [0.25, 0.3) is 0 Å². The largest absolute Gasteiger partial charge is 0.459 e. The fourth-order valence-corrected chi connectivity index (χ4v) is 2.10. The average Bonchev–Trinajstić information content (AvgIpc) is 3.10. The van der Waals surface area contributed by atoms with E-state index in [4.69, 9.17) is 16.0 Å². The molecule has 0 aliphatic heterocycles. The number of hydrogen-bond donors (Lipinski definition) is 2. The minimum atomic E-state index is -0.370.